The van der Waals surface area contributed by atoms with Crippen LogP contribution in [0.3, 0.4) is 0 Å². The molecule has 0 saturated heterocycles. The van der Waals surface area contributed by atoms with Gasteiger partial charge in [0.15, 0.2) is 0 Å². The Labute approximate surface area is 159 Å². The van der Waals surface area contributed by atoms with Crippen molar-refractivity contribution < 1.29 is 13.6 Å². The van der Waals surface area contributed by atoms with E-state index in [-0.39, 0.29) is 17.1 Å². The Hall–Kier alpha value is -2.88. The van der Waals surface area contributed by atoms with Crippen molar-refractivity contribution in [1.29, 1.82) is 0 Å². The van der Waals surface area contributed by atoms with Gasteiger partial charge in [0.1, 0.15) is 11.6 Å². The second kappa shape index (κ2) is 7.78. The Balaban J connectivity index is 1.84. The third-order valence-corrected chi connectivity index (χ3v) is 4.50. The van der Waals surface area contributed by atoms with Gasteiger partial charge in [0.05, 0.1) is 12.8 Å². The van der Waals surface area contributed by atoms with Crippen molar-refractivity contribution in [2.75, 3.05) is 0 Å². The fourth-order valence-corrected chi connectivity index (χ4v) is 2.90. The van der Waals surface area contributed by atoms with Crippen LogP contribution >= 0.6 is 0 Å². The van der Waals surface area contributed by atoms with Crippen molar-refractivity contribution in [2.45, 2.75) is 39.3 Å². The van der Waals surface area contributed by atoms with Crippen LogP contribution in [-0.4, -0.2) is 10.8 Å². The number of rotatable bonds is 5. The topological polar surface area (TPSA) is 33.5 Å². The molecule has 1 amide bonds. The lowest BCUT2D eigenvalue weighted by atomic mass is 9.86. The van der Waals surface area contributed by atoms with Gasteiger partial charge in [-0.25, -0.2) is 4.39 Å². The molecule has 0 radical (unpaired) electrons. The fourth-order valence-electron chi connectivity index (χ4n) is 2.90. The molecular weight excluding hydrogens is 341 g/mol. The molecule has 0 bridgehead atoms. The highest BCUT2D eigenvalue weighted by Gasteiger charge is 2.19. The number of benzene rings is 2. The second-order valence-electron chi connectivity index (χ2n) is 7.69. The molecule has 3 aromatic rings. The first-order valence-electron chi connectivity index (χ1n) is 8.99. The number of amides is 1. The first kappa shape index (κ1) is 18.9. The minimum Gasteiger partial charge on any atom is -0.467 e. The van der Waals surface area contributed by atoms with Crippen LogP contribution in [0.1, 0.15) is 48.0 Å². The molecule has 0 N–H and O–H groups in total. The summed E-state index contributed by atoms with van der Waals surface area (Å²) in [5.74, 6) is 0.327. The van der Waals surface area contributed by atoms with E-state index in [1.165, 1.54) is 17.7 Å². The van der Waals surface area contributed by atoms with Crippen molar-refractivity contribution >= 4 is 5.91 Å². The molecule has 0 spiro atoms. The molecule has 3 rings (SSSR count). The molecule has 1 heterocycles. The van der Waals surface area contributed by atoms with Gasteiger partial charge in [-0.15, -0.1) is 0 Å². The molecule has 0 aliphatic carbocycles. The summed E-state index contributed by atoms with van der Waals surface area (Å²) in [6.07, 6.45) is 1.59. The largest absolute Gasteiger partial charge is 0.467 e. The van der Waals surface area contributed by atoms with E-state index in [1.54, 1.807) is 29.4 Å². The normalized spacial score (nSPS) is 11.4. The summed E-state index contributed by atoms with van der Waals surface area (Å²) in [5, 5.41) is 0. The zero-order chi connectivity index (χ0) is 19.4. The molecule has 0 saturated carbocycles. The Morgan fingerprint density at radius 3 is 2.19 bits per heavy atom. The molecule has 1 aromatic heterocycles. The average Bonchev–Trinajstić information content (AvgIpc) is 3.15. The SMILES string of the molecule is CC(C)(C)c1ccc(C(=O)N(Cc2ccc(F)cc2)Cc2ccco2)cc1. The number of nitrogens with zero attached hydrogens (tertiary/aromatic N) is 1. The Bertz CT molecular complexity index is 876. The van der Waals surface area contributed by atoms with Crippen LogP contribution in [0.15, 0.2) is 71.3 Å². The lowest BCUT2D eigenvalue weighted by molar-refractivity contribution is 0.0717. The molecule has 0 atom stereocenters. The summed E-state index contributed by atoms with van der Waals surface area (Å²) in [6, 6.07) is 17.6. The maximum absolute atomic E-state index is 13.2. The first-order valence-corrected chi connectivity index (χ1v) is 8.99. The molecule has 2 aromatic carbocycles. The maximum Gasteiger partial charge on any atom is 0.254 e. The van der Waals surface area contributed by atoms with Gasteiger partial charge in [-0.05, 0) is 52.9 Å². The summed E-state index contributed by atoms with van der Waals surface area (Å²) in [7, 11) is 0. The standard InChI is InChI=1S/C23H24FNO2/c1-23(2,3)19-10-8-18(9-11-19)22(26)25(16-21-5-4-14-27-21)15-17-6-12-20(24)13-7-17/h4-14H,15-16H2,1-3H3. The quantitative estimate of drug-likeness (QED) is 0.593. The Kier molecular flexibility index (Phi) is 5.45. The Morgan fingerprint density at radius 2 is 1.63 bits per heavy atom. The zero-order valence-corrected chi connectivity index (χ0v) is 15.9. The first-order chi connectivity index (χ1) is 12.8. The molecule has 140 valence electrons. The van der Waals surface area contributed by atoms with Gasteiger partial charge < -0.3 is 9.32 Å². The summed E-state index contributed by atoms with van der Waals surface area (Å²) < 4.78 is 18.6. The number of furan rings is 1. The van der Waals surface area contributed by atoms with Gasteiger partial charge in [-0.1, -0.05) is 45.0 Å². The predicted octanol–water partition coefficient (Wildman–Crippen LogP) is 5.56. The van der Waals surface area contributed by atoms with Crippen LogP contribution in [0.4, 0.5) is 4.39 Å². The number of halogens is 1. The number of hydrogen-bond acceptors (Lipinski definition) is 2. The third kappa shape index (κ3) is 4.85. The predicted molar refractivity (Wildman–Crippen MR) is 104 cm³/mol. The average molecular weight is 365 g/mol. The lowest BCUT2D eigenvalue weighted by Crippen LogP contribution is -2.30. The summed E-state index contributed by atoms with van der Waals surface area (Å²) in [4.78, 5) is 14.8. The molecule has 3 nitrogen and oxygen atoms in total. The van der Waals surface area contributed by atoms with E-state index in [0.29, 0.717) is 24.4 Å². The van der Waals surface area contributed by atoms with Gasteiger partial charge in [0, 0.05) is 12.1 Å². The van der Waals surface area contributed by atoms with E-state index in [9.17, 15) is 9.18 Å². The molecule has 0 aliphatic rings. The minimum atomic E-state index is -0.291. The van der Waals surface area contributed by atoms with Crippen molar-refractivity contribution in [2.24, 2.45) is 0 Å². The van der Waals surface area contributed by atoms with Gasteiger partial charge in [-0.2, -0.15) is 0 Å². The van der Waals surface area contributed by atoms with Crippen molar-refractivity contribution in [1.82, 2.24) is 4.90 Å². The molecule has 0 fully saturated rings. The number of carbonyl (C=O) groups excluding carboxylic acids is 1. The summed E-state index contributed by atoms with van der Waals surface area (Å²) >= 11 is 0. The van der Waals surface area contributed by atoms with Gasteiger partial charge >= 0.3 is 0 Å². The van der Waals surface area contributed by atoms with Crippen molar-refractivity contribution in [3.63, 3.8) is 0 Å². The lowest BCUT2D eigenvalue weighted by Gasteiger charge is -2.23. The van der Waals surface area contributed by atoms with Crippen LogP contribution in [0, 0.1) is 5.82 Å². The van der Waals surface area contributed by atoms with Crippen molar-refractivity contribution in [3.05, 3.63) is 95.2 Å². The van der Waals surface area contributed by atoms with Crippen LogP contribution in [0.5, 0.6) is 0 Å². The smallest absolute Gasteiger partial charge is 0.254 e. The highest BCUT2D eigenvalue weighted by Crippen LogP contribution is 2.23. The maximum atomic E-state index is 13.2. The monoisotopic (exact) mass is 365 g/mol. The van der Waals surface area contributed by atoms with Crippen LogP contribution in [0.25, 0.3) is 0 Å². The molecule has 4 heteroatoms. The van der Waals surface area contributed by atoms with Crippen molar-refractivity contribution in [3.8, 4) is 0 Å². The fraction of sp³-hybridized carbons (Fsp3) is 0.261. The third-order valence-electron chi connectivity index (χ3n) is 4.50. The van der Waals surface area contributed by atoms with Gasteiger partial charge in [-0.3, -0.25) is 4.79 Å². The van der Waals surface area contributed by atoms with E-state index in [0.717, 1.165) is 5.56 Å². The van der Waals surface area contributed by atoms with Crippen LogP contribution in [0.2, 0.25) is 0 Å². The molecule has 0 unspecified atom stereocenters. The van der Waals surface area contributed by atoms with Crippen LogP contribution < -0.4 is 0 Å². The highest BCUT2D eigenvalue weighted by molar-refractivity contribution is 5.94. The van der Waals surface area contributed by atoms with E-state index in [2.05, 4.69) is 20.8 Å². The van der Waals surface area contributed by atoms with Gasteiger partial charge in [0.2, 0.25) is 0 Å². The molecule has 0 aliphatic heterocycles. The van der Waals surface area contributed by atoms with E-state index in [4.69, 9.17) is 4.42 Å². The van der Waals surface area contributed by atoms with E-state index < -0.39 is 0 Å². The number of hydrogen-bond donors (Lipinski definition) is 0. The number of carbonyl (C=O) groups is 1. The summed E-state index contributed by atoms with van der Waals surface area (Å²) in [6.45, 7) is 7.15. The van der Waals surface area contributed by atoms with Gasteiger partial charge in [0.25, 0.3) is 5.91 Å². The highest BCUT2D eigenvalue weighted by atomic mass is 19.1. The minimum absolute atomic E-state index is 0.0313. The molecular formula is C23H24FNO2. The zero-order valence-electron chi connectivity index (χ0n) is 15.9. The van der Waals surface area contributed by atoms with Crippen LogP contribution in [-0.2, 0) is 18.5 Å². The van der Waals surface area contributed by atoms with E-state index >= 15 is 0 Å². The summed E-state index contributed by atoms with van der Waals surface area (Å²) in [5.41, 5.74) is 2.69. The Morgan fingerprint density at radius 1 is 0.963 bits per heavy atom. The molecule has 27 heavy (non-hydrogen) atoms. The van der Waals surface area contributed by atoms with E-state index in [1.807, 2.05) is 30.3 Å². The second-order valence-corrected chi connectivity index (χ2v) is 7.69.